The van der Waals surface area contributed by atoms with Crippen molar-refractivity contribution in [2.75, 3.05) is 0 Å². The molecule has 3 rings (SSSR count). The second-order valence-electron chi connectivity index (χ2n) is 9.88. The van der Waals surface area contributed by atoms with Crippen molar-refractivity contribution >= 4 is 35.0 Å². The summed E-state index contributed by atoms with van der Waals surface area (Å²) >= 11 is 12.3. The lowest BCUT2D eigenvalue weighted by molar-refractivity contribution is -0.141. The molecule has 0 saturated heterocycles. The standard InChI is InChI=1S/C29H32Cl2N2O2/c1-20-10-12-22(13-11-20)19-33(27(34)18-23-14-15-24(30)25(31)16-23)26(28(35)32-29(2,3)4)17-21-8-6-5-7-9-21/h5-16,26H,17-19H2,1-4H3,(H,32,35)/t26-/m0/s1. The summed E-state index contributed by atoms with van der Waals surface area (Å²) in [6, 6.07) is 22.3. The normalized spacial score (nSPS) is 12.2. The molecule has 3 aromatic rings. The van der Waals surface area contributed by atoms with Gasteiger partial charge in [0.2, 0.25) is 11.8 Å². The summed E-state index contributed by atoms with van der Waals surface area (Å²) in [6.07, 6.45) is 0.512. The van der Waals surface area contributed by atoms with Crippen LogP contribution < -0.4 is 5.32 Å². The van der Waals surface area contributed by atoms with Crippen LogP contribution in [0.4, 0.5) is 0 Å². The van der Waals surface area contributed by atoms with Gasteiger partial charge in [-0.2, -0.15) is 0 Å². The first-order valence-electron chi connectivity index (χ1n) is 11.7. The Labute approximate surface area is 218 Å². The van der Waals surface area contributed by atoms with Crippen LogP contribution in [0.25, 0.3) is 0 Å². The predicted molar refractivity (Wildman–Crippen MR) is 144 cm³/mol. The number of aryl methyl sites for hydroxylation is 1. The molecule has 1 N–H and O–H groups in total. The minimum absolute atomic E-state index is 0.108. The van der Waals surface area contributed by atoms with E-state index in [4.69, 9.17) is 23.2 Å². The van der Waals surface area contributed by atoms with Gasteiger partial charge in [-0.15, -0.1) is 0 Å². The number of benzene rings is 3. The predicted octanol–water partition coefficient (Wildman–Crippen LogP) is 6.40. The van der Waals surface area contributed by atoms with Gasteiger partial charge in [-0.05, 0) is 56.5 Å². The van der Waals surface area contributed by atoms with Gasteiger partial charge in [-0.3, -0.25) is 9.59 Å². The molecule has 0 aromatic heterocycles. The van der Waals surface area contributed by atoms with Crippen molar-refractivity contribution in [1.29, 1.82) is 0 Å². The molecule has 4 nitrogen and oxygen atoms in total. The molecule has 0 bridgehead atoms. The molecule has 2 amide bonds. The van der Waals surface area contributed by atoms with Crippen molar-refractivity contribution in [3.8, 4) is 0 Å². The highest BCUT2D eigenvalue weighted by Crippen LogP contribution is 2.24. The monoisotopic (exact) mass is 510 g/mol. The van der Waals surface area contributed by atoms with E-state index in [0.29, 0.717) is 23.0 Å². The molecule has 0 heterocycles. The maximum atomic E-state index is 13.8. The van der Waals surface area contributed by atoms with Crippen LogP contribution in [0.5, 0.6) is 0 Å². The maximum absolute atomic E-state index is 13.8. The molecule has 35 heavy (non-hydrogen) atoms. The average Bonchev–Trinajstić information content (AvgIpc) is 2.79. The summed E-state index contributed by atoms with van der Waals surface area (Å²) in [4.78, 5) is 29.0. The van der Waals surface area contributed by atoms with Crippen LogP contribution in [-0.2, 0) is 29.0 Å². The average molecular weight is 511 g/mol. The van der Waals surface area contributed by atoms with Gasteiger partial charge < -0.3 is 10.2 Å². The van der Waals surface area contributed by atoms with Crippen LogP contribution in [0.1, 0.15) is 43.0 Å². The minimum Gasteiger partial charge on any atom is -0.350 e. The first-order valence-corrected chi connectivity index (χ1v) is 12.4. The van der Waals surface area contributed by atoms with E-state index in [9.17, 15) is 9.59 Å². The second kappa shape index (κ2) is 11.7. The zero-order valence-electron chi connectivity index (χ0n) is 20.6. The van der Waals surface area contributed by atoms with Crippen molar-refractivity contribution in [2.24, 2.45) is 0 Å². The van der Waals surface area contributed by atoms with E-state index in [-0.39, 0.29) is 18.2 Å². The fourth-order valence-electron chi connectivity index (χ4n) is 3.82. The van der Waals surface area contributed by atoms with Gasteiger partial charge in [0.1, 0.15) is 6.04 Å². The molecule has 0 spiro atoms. The quantitative estimate of drug-likeness (QED) is 0.381. The van der Waals surface area contributed by atoms with Gasteiger partial charge in [0.25, 0.3) is 0 Å². The molecule has 1 atom stereocenters. The minimum atomic E-state index is -0.687. The van der Waals surface area contributed by atoms with Gasteiger partial charge in [0.05, 0.1) is 16.5 Å². The fourth-order valence-corrected chi connectivity index (χ4v) is 4.14. The number of hydrogen-bond acceptors (Lipinski definition) is 2. The summed E-state index contributed by atoms with van der Waals surface area (Å²) in [5.41, 5.74) is 3.38. The first kappa shape index (κ1) is 26.8. The third-order valence-corrected chi connectivity index (χ3v) is 6.32. The largest absolute Gasteiger partial charge is 0.350 e. The fraction of sp³-hybridized carbons (Fsp3) is 0.310. The summed E-state index contributed by atoms with van der Waals surface area (Å²) < 4.78 is 0. The zero-order valence-corrected chi connectivity index (χ0v) is 22.2. The van der Waals surface area contributed by atoms with Crippen LogP contribution in [0.3, 0.4) is 0 Å². The first-order chi connectivity index (χ1) is 16.5. The Kier molecular flexibility index (Phi) is 8.98. The molecule has 0 radical (unpaired) electrons. The van der Waals surface area contributed by atoms with E-state index < -0.39 is 11.6 Å². The van der Waals surface area contributed by atoms with Gasteiger partial charge in [0.15, 0.2) is 0 Å². The number of nitrogens with zero attached hydrogens (tertiary/aromatic N) is 1. The van der Waals surface area contributed by atoms with E-state index in [2.05, 4.69) is 5.32 Å². The van der Waals surface area contributed by atoms with Crippen LogP contribution >= 0.6 is 23.2 Å². The summed E-state index contributed by atoms with van der Waals surface area (Å²) in [5, 5.41) is 3.91. The van der Waals surface area contributed by atoms with E-state index in [1.807, 2.05) is 82.3 Å². The zero-order chi connectivity index (χ0) is 25.6. The third-order valence-electron chi connectivity index (χ3n) is 5.58. The second-order valence-corrected chi connectivity index (χ2v) is 10.7. The molecule has 0 aliphatic carbocycles. The highest BCUT2D eigenvalue weighted by molar-refractivity contribution is 6.42. The summed E-state index contributed by atoms with van der Waals surface area (Å²) in [5.74, 6) is -0.343. The number of carbonyl (C=O) groups is 2. The number of carbonyl (C=O) groups excluding carboxylic acids is 2. The van der Waals surface area contributed by atoms with Crippen LogP contribution in [0.2, 0.25) is 10.0 Å². The van der Waals surface area contributed by atoms with E-state index in [1.54, 1.807) is 23.1 Å². The molecule has 0 aliphatic heterocycles. The number of halogens is 2. The Morgan fingerprint density at radius 3 is 2.09 bits per heavy atom. The summed E-state index contributed by atoms with van der Waals surface area (Å²) in [6.45, 7) is 8.15. The molecule has 6 heteroatoms. The Morgan fingerprint density at radius 1 is 0.857 bits per heavy atom. The SMILES string of the molecule is Cc1ccc(CN(C(=O)Cc2ccc(Cl)c(Cl)c2)[C@@H](Cc2ccccc2)C(=O)NC(C)(C)C)cc1. The van der Waals surface area contributed by atoms with Gasteiger partial charge >= 0.3 is 0 Å². The lowest BCUT2D eigenvalue weighted by atomic mass is 9.99. The maximum Gasteiger partial charge on any atom is 0.243 e. The number of nitrogens with one attached hydrogen (secondary N) is 1. The molecule has 184 valence electrons. The van der Waals surface area contributed by atoms with Crippen molar-refractivity contribution in [3.63, 3.8) is 0 Å². The molecular formula is C29H32Cl2N2O2. The third kappa shape index (κ3) is 8.12. The molecule has 0 unspecified atom stereocenters. The lowest BCUT2D eigenvalue weighted by Gasteiger charge is -2.34. The number of amides is 2. The lowest BCUT2D eigenvalue weighted by Crippen LogP contribution is -2.54. The molecular weight excluding hydrogens is 479 g/mol. The van der Waals surface area contributed by atoms with Crippen LogP contribution in [-0.4, -0.2) is 28.3 Å². The van der Waals surface area contributed by atoms with Gasteiger partial charge in [-0.25, -0.2) is 0 Å². The van der Waals surface area contributed by atoms with Crippen LogP contribution in [0, 0.1) is 6.92 Å². The van der Waals surface area contributed by atoms with E-state index in [1.165, 1.54) is 0 Å². The summed E-state index contributed by atoms with van der Waals surface area (Å²) in [7, 11) is 0. The Balaban J connectivity index is 1.99. The van der Waals surface area contributed by atoms with E-state index in [0.717, 1.165) is 22.3 Å². The number of hydrogen-bond donors (Lipinski definition) is 1. The Morgan fingerprint density at radius 2 is 1.49 bits per heavy atom. The van der Waals surface area contributed by atoms with Gasteiger partial charge in [0, 0.05) is 18.5 Å². The number of rotatable bonds is 8. The van der Waals surface area contributed by atoms with Crippen molar-refractivity contribution in [1.82, 2.24) is 10.2 Å². The highest BCUT2D eigenvalue weighted by atomic mass is 35.5. The van der Waals surface area contributed by atoms with Crippen molar-refractivity contribution < 1.29 is 9.59 Å². The molecule has 3 aromatic carbocycles. The van der Waals surface area contributed by atoms with E-state index >= 15 is 0 Å². The van der Waals surface area contributed by atoms with Crippen molar-refractivity contribution in [3.05, 3.63) is 105 Å². The molecule has 0 saturated carbocycles. The van der Waals surface area contributed by atoms with Gasteiger partial charge in [-0.1, -0.05) is 89.4 Å². The molecule has 0 aliphatic rings. The Bertz CT molecular complexity index is 1160. The molecule has 0 fully saturated rings. The topological polar surface area (TPSA) is 49.4 Å². The van der Waals surface area contributed by atoms with Crippen LogP contribution in [0.15, 0.2) is 72.8 Å². The highest BCUT2D eigenvalue weighted by Gasteiger charge is 2.32. The Hall–Kier alpha value is -2.82. The van der Waals surface area contributed by atoms with Crippen molar-refractivity contribution in [2.45, 2.75) is 58.7 Å². The smallest absolute Gasteiger partial charge is 0.243 e.